The molecule has 0 aliphatic carbocycles. The summed E-state index contributed by atoms with van der Waals surface area (Å²) in [4.78, 5) is 0. The fraction of sp³-hybridized carbons (Fsp3) is 1.00. The van der Waals surface area contributed by atoms with Gasteiger partial charge in [0.1, 0.15) is 0 Å². The van der Waals surface area contributed by atoms with Gasteiger partial charge in [-0.15, -0.1) is 0 Å². The average Bonchev–Trinajstić information content (AvgIpc) is 2.55. The van der Waals surface area contributed by atoms with Crippen LogP contribution in [-0.2, 0) is 26.6 Å². The molecule has 1 atom stereocenters. The second kappa shape index (κ2) is 12.6. The smallest absolute Gasteiger partial charge is 0.377 e. The SMILES string of the molecule is CCC(C)[Si](OC)(OC)OC.CO[Si](CC(C)C)(OC)OC. The molecule has 0 aliphatic heterocycles. The third kappa shape index (κ3) is 7.65. The lowest BCUT2D eigenvalue weighted by molar-refractivity contribution is 0.112. The Balaban J connectivity index is 0. The highest BCUT2D eigenvalue weighted by Gasteiger charge is 2.43. The summed E-state index contributed by atoms with van der Waals surface area (Å²) >= 11 is 0. The van der Waals surface area contributed by atoms with Crippen molar-refractivity contribution in [2.24, 2.45) is 5.92 Å². The Morgan fingerprint density at radius 3 is 1.14 bits per heavy atom. The molecule has 136 valence electrons. The van der Waals surface area contributed by atoms with Crippen molar-refractivity contribution in [3.05, 3.63) is 0 Å². The predicted molar refractivity (Wildman–Crippen MR) is 92.9 cm³/mol. The lowest BCUT2D eigenvalue weighted by Crippen LogP contribution is -2.46. The van der Waals surface area contributed by atoms with Gasteiger partial charge in [0.25, 0.3) is 0 Å². The second-order valence-corrected chi connectivity index (χ2v) is 11.8. The van der Waals surface area contributed by atoms with Gasteiger partial charge in [-0.25, -0.2) is 0 Å². The molecule has 0 saturated carbocycles. The molecular weight excluding hydrogens is 320 g/mol. The molecule has 6 nitrogen and oxygen atoms in total. The minimum atomic E-state index is -2.32. The molecule has 0 heterocycles. The predicted octanol–water partition coefficient (Wildman–Crippen LogP) is 3.19. The van der Waals surface area contributed by atoms with Crippen LogP contribution in [0.3, 0.4) is 0 Å². The summed E-state index contributed by atoms with van der Waals surface area (Å²) in [5.41, 5.74) is 0.363. The molecule has 1 unspecified atom stereocenters. The molecule has 0 aromatic heterocycles. The molecule has 0 fully saturated rings. The largest absolute Gasteiger partial charge is 0.503 e. The molecule has 0 rings (SSSR count). The Hall–Kier alpha value is 0.194. The van der Waals surface area contributed by atoms with Gasteiger partial charge in [0, 0.05) is 54.2 Å². The third-order valence-electron chi connectivity index (χ3n) is 3.66. The molecular formula is C14H36O6Si2. The fourth-order valence-corrected chi connectivity index (χ4v) is 6.31. The maximum Gasteiger partial charge on any atom is 0.503 e. The van der Waals surface area contributed by atoms with E-state index in [1.165, 1.54) is 0 Å². The van der Waals surface area contributed by atoms with Crippen molar-refractivity contribution >= 4 is 17.6 Å². The monoisotopic (exact) mass is 356 g/mol. The van der Waals surface area contributed by atoms with E-state index in [0.29, 0.717) is 11.5 Å². The van der Waals surface area contributed by atoms with Crippen LogP contribution in [-0.4, -0.2) is 60.3 Å². The van der Waals surface area contributed by atoms with E-state index in [1.54, 1.807) is 42.7 Å². The molecule has 0 bridgehead atoms. The first kappa shape index (κ1) is 24.4. The van der Waals surface area contributed by atoms with E-state index in [9.17, 15) is 0 Å². The van der Waals surface area contributed by atoms with Gasteiger partial charge in [0.2, 0.25) is 0 Å². The van der Waals surface area contributed by atoms with Crippen molar-refractivity contribution in [3.8, 4) is 0 Å². The first-order valence-corrected chi connectivity index (χ1v) is 11.3. The fourth-order valence-electron chi connectivity index (χ4n) is 2.10. The summed E-state index contributed by atoms with van der Waals surface area (Å²) in [5, 5.41) is 0. The van der Waals surface area contributed by atoms with Crippen LogP contribution in [0.5, 0.6) is 0 Å². The summed E-state index contributed by atoms with van der Waals surface area (Å²) in [6.45, 7) is 8.43. The molecule has 0 radical (unpaired) electrons. The van der Waals surface area contributed by atoms with Crippen LogP contribution in [0.25, 0.3) is 0 Å². The van der Waals surface area contributed by atoms with Crippen LogP contribution in [0.1, 0.15) is 34.1 Å². The Labute approximate surface area is 139 Å². The Bertz CT molecular complexity index is 241. The van der Waals surface area contributed by atoms with Crippen molar-refractivity contribution in [1.82, 2.24) is 0 Å². The zero-order chi connectivity index (χ0) is 17.8. The summed E-state index contributed by atoms with van der Waals surface area (Å²) in [5.74, 6) is 0.543. The molecule has 0 saturated heterocycles. The molecule has 0 amide bonds. The van der Waals surface area contributed by atoms with Crippen LogP contribution >= 0.6 is 0 Å². The highest BCUT2D eigenvalue weighted by molar-refractivity contribution is 6.62. The van der Waals surface area contributed by atoms with Gasteiger partial charge in [0.15, 0.2) is 0 Å². The van der Waals surface area contributed by atoms with Gasteiger partial charge in [-0.05, 0) is 12.3 Å². The van der Waals surface area contributed by atoms with Crippen molar-refractivity contribution in [2.45, 2.75) is 45.7 Å². The Morgan fingerprint density at radius 1 is 0.682 bits per heavy atom. The van der Waals surface area contributed by atoms with Crippen molar-refractivity contribution in [2.75, 3.05) is 42.7 Å². The highest BCUT2D eigenvalue weighted by atomic mass is 28.4. The minimum absolute atomic E-state index is 0.363. The topological polar surface area (TPSA) is 55.4 Å². The molecule has 0 aromatic rings. The van der Waals surface area contributed by atoms with E-state index in [1.807, 2.05) is 0 Å². The van der Waals surface area contributed by atoms with Crippen LogP contribution in [0.4, 0.5) is 0 Å². The lowest BCUT2D eigenvalue weighted by Gasteiger charge is -2.29. The van der Waals surface area contributed by atoms with Gasteiger partial charge < -0.3 is 26.6 Å². The van der Waals surface area contributed by atoms with E-state index in [0.717, 1.165) is 12.5 Å². The standard InChI is InChI=1S/2C7H18O3Si/c1-7(2)6-11(8-3,9-4)10-5;1-6-7(2)11(8-3,9-4)10-5/h2*7H,6H2,1-5H3. The zero-order valence-electron chi connectivity index (χ0n) is 16.0. The van der Waals surface area contributed by atoms with E-state index in [2.05, 4.69) is 27.7 Å². The number of hydrogen-bond donors (Lipinski definition) is 0. The zero-order valence-corrected chi connectivity index (χ0v) is 18.0. The highest BCUT2D eigenvalue weighted by Crippen LogP contribution is 2.25. The first-order valence-electron chi connectivity index (χ1n) is 7.57. The number of rotatable bonds is 10. The van der Waals surface area contributed by atoms with Gasteiger partial charge in [-0.3, -0.25) is 0 Å². The summed E-state index contributed by atoms with van der Waals surface area (Å²) in [7, 11) is 5.25. The van der Waals surface area contributed by atoms with Crippen molar-refractivity contribution in [1.29, 1.82) is 0 Å². The van der Waals surface area contributed by atoms with Gasteiger partial charge in [0.05, 0.1) is 0 Å². The van der Waals surface area contributed by atoms with Crippen LogP contribution < -0.4 is 0 Å². The quantitative estimate of drug-likeness (QED) is 0.560. The molecule has 0 N–H and O–H groups in total. The maximum atomic E-state index is 5.28. The summed E-state index contributed by atoms with van der Waals surface area (Å²) < 4.78 is 31.6. The second-order valence-electron chi connectivity index (χ2n) is 5.42. The van der Waals surface area contributed by atoms with Crippen molar-refractivity contribution < 1.29 is 26.6 Å². The number of hydrogen-bond acceptors (Lipinski definition) is 6. The molecule has 0 spiro atoms. The van der Waals surface area contributed by atoms with Crippen LogP contribution in [0.15, 0.2) is 0 Å². The average molecular weight is 357 g/mol. The molecule has 0 aliphatic rings. The normalized spacial score (nSPS) is 13.8. The van der Waals surface area contributed by atoms with E-state index >= 15 is 0 Å². The molecule has 22 heavy (non-hydrogen) atoms. The summed E-state index contributed by atoms with van der Waals surface area (Å²) in [6, 6.07) is 0.872. The maximum absolute atomic E-state index is 5.28. The summed E-state index contributed by atoms with van der Waals surface area (Å²) in [6.07, 6.45) is 1.02. The van der Waals surface area contributed by atoms with Crippen LogP contribution in [0, 0.1) is 5.92 Å². The first-order chi connectivity index (χ1) is 10.3. The van der Waals surface area contributed by atoms with Crippen molar-refractivity contribution in [3.63, 3.8) is 0 Å². The van der Waals surface area contributed by atoms with Gasteiger partial charge in [-0.1, -0.05) is 27.7 Å². The Kier molecular flexibility index (Phi) is 14.0. The van der Waals surface area contributed by atoms with E-state index in [-0.39, 0.29) is 0 Å². The Morgan fingerprint density at radius 2 is 1.05 bits per heavy atom. The molecule has 8 heteroatoms. The molecule has 0 aromatic carbocycles. The van der Waals surface area contributed by atoms with E-state index < -0.39 is 17.6 Å². The van der Waals surface area contributed by atoms with Gasteiger partial charge >= 0.3 is 17.6 Å². The third-order valence-corrected chi connectivity index (χ3v) is 10.2. The van der Waals surface area contributed by atoms with E-state index in [4.69, 9.17) is 26.6 Å². The van der Waals surface area contributed by atoms with Crippen LogP contribution in [0.2, 0.25) is 11.6 Å². The van der Waals surface area contributed by atoms with Gasteiger partial charge in [-0.2, -0.15) is 0 Å². The lowest BCUT2D eigenvalue weighted by atomic mass is 10.3. The minimum Gasteiger partial charge on any atom is -0.377 e.